The second-order valence-electron chi connectivity index (χ2n) is 4.22. The van der Waals surface area contributed by atoms with E-state index in [0.717, 1.165) is 32.7 Å². The number of ether oxygens (including phenoxy) is 1. The van der Waals surface area contributed by atoms with Crippen LogP contribution in [0, 0.1) is 0 Å². The van der Waals surface area contributed by atoms with Gasteiger partial charge in [-0.3, -0.25) is 4.90 Å². The van der Waals surface area contributed by atoms with E-state index in [-0.39, 0.29) is 0 Å². The van der Waals surface area contributed by atoms with Gasteiger partial charge in [-0.25, -0.2) is 0 Å². The van der Waals surface area contributed by atoms with Gasteiger partial charge in [0.2, 0.25) is 0 Å². The smallest absolute Gasteiger partial charge is 0.0673 e. The second kappa shape index (κ2) is 6.99. The monoisotopic (exact) mass is 212 g/mol. The molecule has 15 heavy (non-hydrogen) atoms. The summed E-state index contributed by atoms with van der Waals surface area (Å²) in [5.41, 5.74) is 7.23. The Morgan fingerprint density at radius 3 is 2.87 bits per heavy atom. The molecule has 0 aromatic heterocycles. The predicted molar refractivity (Wildman–Crippen MR) is 63.9 cm³/mol. The molecule has 0 saturated carbocycles. The van der Waals surface area contributed by atoms with Crippen LogP contribution in [0.2, 0.25) is 0 Å². The molecule has 1 aliphatic rings. The van der Waals surface area contributed by atoms with Crippen LogP contribution in [0.1, 0.15) is 26.2 Å². The SMILES string of the molecule is CCCC(CN)N1CC=C(COC)CC1. The van der Waals surface area contributed by atoms with Crippen molar-refractivity contribution in [1.82, 2.24) is 4.90 Å². The molecule has 0 aliphatic carbocycles. The zero-order valence-electron chi connectivity index (χ0n) is 10.0. The molecule has 1 rings (SSSR count). The van der Waals surface area contributed by atoms with Gasteiger partial charge in [0.15, 0.2) is 0 Å². The number of methoxy groups -OCH3 is 1. The zero-order valence-corrected chi connectivity index (χ0v) is 10.0. The second-order valence-corrected chi connectivity index (χ2v) is 4.22. The van der Waals surface area contributed by atoms with Crippen LogP contribution in [0.15, 0.2) is 11.6 Å². The zero-order chi connectivity index (χ0) is 11.1. The van der Waals surface area contributed by atoms with Gasteiger partial charge in [0.25, 0.3) is 0 Å². The lowest BCUT2D eigenvalue weighted by Gasteiger charge is -2.33. The molecule has 2 N–H and O–H groups in total. The summed E-state index contributed by atoms with van der Waals surface area (Å²) in [5, 5.41) is 0. The minimum Gasteiger partial charge on any atom is -0.380 e. The Balaban J connectivity index is 2.40. The van der Waals surface area contributed by atoms with E-state index in [2.05, 4.69) is 17.9 Å². The summed E-state index contributed by atoms with van der Waals surface area (Å²) in [7, 11) is 1.76. The maximum absolute atomic E-state index is 5.80. The van der Waals surface area contributed by atoms with Gasteiger partial charge in [-0.05, 0) is 18.4 Å². The summed E-state index contributed by atoms with van der Waals surface area (Å²) in [6.07, 6.45) is 5.86. The lowest BCUT2D eigenvalue weighted by Crippen LogP contribution is -2.43. The largest absolute Gasteiger partial charge is 0.380 e. The third kappa shape index (κ3) is 3.93. The van der Waals surface area contributed by atoms with E-state index < -0.39 is 0 Å². The molecule has 1 unspecified atom stereocenters. The van der Waals surface area contributed by atoms with Crippen LogP contribution in [0.25, 0.3) is 0 Å². The van der Waals surface area contributed by atoms with Crippen LogP contribution in [-0.2, 0) is 4.74 Å². The number of hydrogen-bond acceptors (Lipinski definition) is 3. The van der Waals surface area contributed by atoms with Gasteiger partial charge in [0.1, 0.15) is 0 Å². The van der Waals surface area contributed by atoms with Crippen molar-refractivity contribution in [2.45, 2.75) is 32.2 Å². The summed E-state index contributed by atoms with van der Waals surface area (Å²) in [4.78, 5) is 2.49. The molecule has 0 aromatic rings. The highest BCUT2D eigenvalue weighted by Gasteiger charge is 2.18. The maximum Gasteiger partial charge on any atom is 0.0673 e. The molecule has 1 heterocycles. The van der Waals surface area contributed by atoms with Crippen LogP contribution in [0.4, 0.5) is 0 Å². The van der Waals surface area contributed by atoms with Crippen molar-refractivity contribution in [3.05, 3.63) is 11.6 Å². The first-order chi connectivity index (χ1) is 7.31. The van der Waals surface area contributed by atoms with Crippen molar-refractivity contribution in [3.8, 4) is 0 Å². The first-order valence-corrected chi connectivity index (χ1v) is 5.92. The first-order valence-electron chi connectivity index (χ1n) is 5.92. The summed E-state index contributed by atoms with van der Waals surface area (Å²) in [6.45, 7) is 5.96. The van der Waals surface area contributed by atoms with E-state index in [1.165, 1.54) is 18.4 Å². The van der Waals surface area contributed by atoms with Gasteiger partial charge in [-0.1, -0.05) is 19.4 Å². The topological polar surface area (TPSA) is 38.5 Å². The van der Waals surface area contributed by atoms with E-state index in [0.29, 0.717) is 6.04 Å². The maximum atomic E-state index is 5.80. The Morgan fingerprint density at radius 1 is 1.60 bits per heavy atom. The van der Waals surface area contributed by atoms with Gasteiger partial charge < -0.3 is 10.5 Å². The summed E-state index contributed by atoms with van der Waals surface area (Å²) < 4.78 is 5.14. The minimum atomic E-state index is 0.565. The summed E-state index contributed by atoms with van der Waals surface area (Å²) in [6, 6.07) is 0.565. The van der Waals surface area contributed by atoms with Crippen molar-refractivity contribution >= 4 is 0 Å². The van der Waals surface area contributed by atoms with Gasteiger partial charge in [0.05, 0.1) is 6.61 Å². The van der Waals surface area contributed by atoms with Crippen LogP contribution < -0.4 is 5.73 Å². The van der Waals surface area contributed by atoms with Crippen molar-refractivity contribution < 1.29 is 4.74 Å². The molecule has 0 radical (unpaired) electrons. The fraction of sp³-hybridized carbons (Fsp3) is 0.833. The fourth-order valence-electron chi connectivity index (χ4n) is 2.16. The Kier molecular flexibility index (Phi) is 5.91. The van der Waals surface area contributed by atoms with Crippen LogP contribution in [-0.4, -0.2) is 44.3 Å². The van der Waals surface area contributed by atoms with Crippen molar-refractivity contribution in [2.75, 3.05) is 33.4 Å². The van der Waals surface area contributed by atoms with E-state index in [9.17, 15) is 0 Å². The van der Waals surface area contributed by atoms with Crippen LogP contribution >= 0.6 is 0 Å². The molecule has 0 spiro atoms. The third-order valence-electron chi connectivity index (χ3n) is 3.07. The fourth-order valence-corrected chi connectivity index (χ4v) is 2.16. The molecule has 88 valence electrons. The number of nitrogens with zero attached hydrogens (tertiary/aromatic N) is 1. The lowest BCUT2D eigenvalue weighted by molar-refractivity contribution is 0.184. The summed E-state index contributed by atoms with van der Waals surface area (Å²) in [5.74, 6) is 0. The lowest BCUT2D eigenvalue weighted by atomic mass is 10.0. The molecule has 0 aromatic carbocycles. The highest BCUT2D eigenvalue weighted by molar-refractivity contribution is 5.08. The molecule has 0 bridgehead atoms. The molecule has 3 heteroatoms. The van der Waals surface area contributed by atoms with Crippen molar-refractivity contribution in [1.29, 1.82) is 0 Å². The number of rotatable bonds is 6. The average Bonchev–Trinajstić information content (AvgIpc) is 2.28. The quantitative estimate of drug-likeness (QED) is 0.676. The molecule has 3 nitrogen and oxygen atoms in total. The number of hydrogen-bond donors (Lipinski definition) is 1. The molecule has 1 aliphatic heterocycles. The Bertz CT molecular complexity index is 204. The molecule has 1 atom stereocenters. The van der Waals surface area contributed by atoms with Crippen molar-refractivity contribution in [2.24, 2.45) is 5.73 Å². The first kappa shape index (κ1) is 12.7. The van der Waals surface area contributed by atoms with E-state index >= 15 is 0 Å². The molecule has 0 saturated heterocycles. The average molecular weight is 212 g/mol. The van der Waals surface area contributed by atoms with Gasteiger partial charge in [0, 0.05) is 32.8 Å². The normalized spacial score (nSPS) is 20.1. The molecule has 0 fully saturated rings. The number of nitrogens with two attached hydrogens (primary N) is 1. The van der Waals surface area contributed by atoms with E-state index in [4.69, 9.17) is 10.5 Å². The molecular weight excluding hydrogens is 188 g/mol. The highest BCUT2D eigenvalue weighted by atomic mass is 16.5. The Morgan fingerprint density at radius 2 is 2.40 bits per heavy atom. The van der Waals surface area contributed by atoms with Gasteiger partial charge >= 0.3 is 0 Å². The van der Waals surface area contributed by atoms with Crippen molar-refractivity contribution in [3.63, 3.8) is 0 Å². The molecule has 0 amide bonds. The standard InChI is InChI=1S/C12H24N2O/c1-3-4-12(9-13)14-7-5-11(6-8-14)10-15-2/h5,12H,3-4,6-10,13H2,1-2H3. The van der Waals surface area contributed by atoms with Gasteiger partial charge in [-0.15, -0.1) is 0 Å². The predicted octanol–water partition coefficient (Wildman–Crippen LogP) is 1.39. The summed E-state index contributed by atoms with van der Waals surface area (Å²) >= 11 is 0. The van der Waals surface area contributed by atoms with E-state index in [1.807, 2.05) is 0 Å². The van der Waals surface area contributed by atoms with Gasteiger partial charge in [-0.2, -0.15) is 0 Å². The highest BCUT2D eigenvalue weighted by Crippen LogP contribution is 2.15. The molecular formula is C12H24N2O. The minimum absolute atomic E-state index is 0.565. The Hall–Kier alpha value is -0.380. The van der Waals surface area contributed by atoms with Crippen LogP contribution in [0.5, 0.6) is 0 Å². The van der Waals surface area contributed by atoms with E-state index in [1.54, 1.807) is 7.11 Å². The Labute approximate surface area is 93.3 Å². The third-order valence-corrected chi connectivity index (χ3v) is 3.07. The van der Waals surface area contributed by atoms with Crippen LogP contribution in [0.3, 0.4) is 0 Å².